The van der Waals surface area contributed by atoms with Gasteiger partial charge in [-0.3, -0.25) is 25.6 Å². The second kappa shape index (κ2) is 10.4. The highest BCUT2D eigenvalue weighted by Gasteiger charge is 2.25. The molecule has 1 unspecified atom stereocenters. The van der Waals surface area contributed by atoms with E-state index in [1.54, 1.807) is 48.5 Å². The molecular weight excluding hydrogens is 444 g/mol. The Labute approximate surface area is 194 Å². The van der Waals surface area contributed by atoms with Crippen LogP contribution in [0.2, 0.25) is 0 Å². The molecule has 1 amide bonds. The maximum absolute atomic E-state index is 13.1. The minimum Gasteiger partial charge on any atom is -0.453 e. The van der Waals surface area contributed by atoms with Crippen LogP contribution >= 0.6 is 12.2 Å². The first-order valence-electron chi connectivity index (χ1n) is 9.78. The van der Waals surface area contributed by atoms with Crippen LogP contribution in [0.3, 0.4) is 0 Å². The first-order chi connectivity index (χ1) is 15.8. The highest BCUT2D eigenvalue weighted by molar-refractivity contribution is 7.80. The molecule has 2 aromatic carbocycles. The number of nitrogens with one attached hydrogen (secondary N) is 3. The fourth-order valence-corrected chi connectivity index (χ4v) is 3.46. The third-order valence-corrected chi connectivity index (χ3v) is 5.02. The number of carbonyl (C=O) groups excluding carboxylic acids is 2. The van der Waals surface area contributed by atoms with Gasteiger partial charge in [-0.15, -0.1) is 0 Å². The van der Waals surface area contributed by atoms with Crippen LogP contribution in [0.1, 0.15) is 21.5 Å². The molecule has 1 atom stereocenters. The van der Waals surface area contributed by atoms with Crippen LogP contribution in [0.5, 0.6) is 0 Å². The van der Waals surface area contributed by atoms with E-state index in [0.29, 0.717) is 28.0 Å². The van der Waals surface area contributed by atoms with Crippen molar-refractivity contribution in [2.75, 3.05) is 12.4 Å². The molecule has 0 spiro atoms. The van der Waals surface area contributed by atoms with Gasteiger partial charge in [0.2, 0.25) is 0 Å². The fourth-order valence-electron chi connectivity index (χ4n) is 3.26. The lowest BCUT2D eigenvalue weighted by atomic mass is 9.91. The Hall–Kier alpha value is -4.18. The molecule has 0 aliphatic heterocycles. The molecule has 3 rings (SSSR count). The van der Waals surface area contributed by atoms with Crippen molar-refractivity contribution >= 4 is 40.6 Å². The molecule has 0 bridgehead atoms. The molecular formula is C23H20N4O5S. The van der Waals surface area contributed by atoms with Gasteiger partial charge in [0.05, 0.1) is 7.11 Å². The molecule has 0 heterocycles. The Morgan fingerprint density at radius 1 is 1.21 bits per heavy atom. The van der Waals surface area contributed by atoms with Crippen molar-refractivity contribution in [1.82, 2.24) is 5.32 Å². The summed E-state index contributed by atoms with van der Waals surface area (Å²) in [5.41, 5.74) is 2.61. The van der Waals surface area contributed by atoms with Gasteiger partial charge in [-0.05, 0) is 60.1 Å². The zero-order valence-corrected chi connectivity index (χ0v) is 18.3. The van der Waals surface area contributed by atoms with Gasteiger partial charge in [-0.25, -0.2) is 4.79 Å². The number of hydrogen-bond donors (Lipinski definition) is 3. The molecule has 2 aromatic rings. The van der Waals surface area contributed by atoms with Gasteiger partial charge in [-0.2, -0.15) is 0 Å². The summed E-state index contributed by atoms with van der Waals surface area (Å²) in [6.07, 6.45) is 3.91. The van der Waals surface area contributed by atoms with Crippen molar-refractivity contribution in [3.63, 3.8) is 0 Å². The zero-order valence-electron chi connectivity index (χ0n) is 17.5. The molecule has 0 radical (unpaired) electrons. The molecule has 1 aliphatic carbocycles. The zero-order chi connectivity index (χ0) is 24.0. The van der Waals surface area contributed by atoms with E-state index in [-0.39, 0.29) is 23.0 Å². The topological polar surface area (TPSA) is 134 Å². The monoisotopic (exact) mass is 464 g/mol. The van der Waals surface area contributed by atoms with Crippen LogP contribution in [0, 0.1) is 15.5 Å². The van der Waals surface area contributed by atoms with Crippen molar-refractivity contribution in [3.05, 3.63) is 99.1 Å². The second-order valence-electron chi connectivity index (χ2n) is 7.08. The summed E-state index contributed by atoms with van der Waals surface area (Å²) in [5.74, 6) is -0.189. The summed E-state index contributed by atoms with van der Waals surface area (Å²) in [6.45, 7) is 0. The Bertz CT molecular complexity index is 1190. The molecule has 33 heavy (non-hydrogen) atoms. The predicted octanol–water partition coefficient (Wildman–Crippen LogP) is 3.67. The summed E-state index contributed by atoms with van der Waals surface area (Å²) >= 11 is 5.09. The van der Waals surface area contributed by atoms with Gasteiger partial charge in [0.15, 0.2) is 10.9 Å². The molecule has 1 aliphatic rings. The number of anilines is 1. The average molecular weight is 465 g/mol. The maximum atomic E-state index is 13.1. The SMILES string of the molecule is COC(=O)NC(=S)Nc1ccc(C(=O)c2ccccc2)c(CC2=CC(=N)C([N+](=O)[O-])C=C2)c1. The number of nitro groups is 1. The van der Waals surface area contributed by atoms with Gasteiger partial charge in [0.1, 0.15) is 5.71 Å². The van der Waals surface area contributed by atoms with E-state index in [0.717, 1.165) is 0 Å². The van der Waals surface area contributed by atoms with Gasteiger partial charge < -0.3 is 10.1 Å². The van der Waals surface area contributed by atoms with Gasteiger partial charge in [-0.1, -0.05) is 36.4 Å². The highest BCUT2D eigenvalue weighted by atomic mass is 32.1. The Morgan fingerprint density at radius 2 is 1.94 bits per heavy atom. The quantitative estimate of drug-likeness (QED) is 0.257. The molecule has 9 nitrogen and oxygen atoms in total. The maximum Gasteiger partial charge on any atom is 0.413 e. The van der Waals surface area contributed by atoms with Gasteiger partial charge in [0, 0.05) is 21.7 Å². The van der Waals surface area contributed by atoms with Crippen LogP contribution in [0.25, 0.3) is 0 Å². The van der Waals surface area contributed by atoms with E-state index in [2.05, 4.69) is 15.4 Å². The van der Waals surface area contributed by atoms with Gasteiger partial charge in [0.25, 0.3) is 6.04 Å². The standard InChI is InChI=1S/C23H20N4O5S/c1-32-23(29)26-22(33)25-17-8-9-18(21(28)15-5-3-2-4-6-15)16(13-17)11-14-7-10-20(27(30)31)19(24)12-14/h2-10,12-13,20,24H,11H2,1H3,(H2,25,26,29,33). The minimum atomic E-state index is -1.19. The van der Waals surface area contributed by atoms with E-state index in [1.807, 2.05) is 6.07 Å². The summed E-state index contributed by atoms with van der Waals surface area (Å²) in [7, 11) is 1.21. The van der Waals surface area contributed by atoms with Crippen LogP contribution in [-0.2, 0) is 11.2 Å². The molecule has 10 heteroatoms. The number of thiocarbonyl (C=S) groups is 1. The second-order valence-corrected chi connectivity index (χ2v) is 7.49. The number of alkyl carbamates (subject to hydrolysis) is 1. The first-order valence-corrected chi connectivity index (χ1v) is 10.2. The van der Waals surface area contributed by atoms with Crippen LogP contribution in [0.4, 0.5) is 10.5 Å². The van der Waals surface area contributed by atoms with Crippen LogP contribution in [-0.4, -0.2) is 40.8 Å². The largest absolute Gasteiger partial charge is 0.453 e. The van der Waals surface area contributed by atoms with E-state index in [1.165, 1.54) is 19.3 Å². The fraction of sp³-hybridized carbons (Fsp3) is 0.130. The van der Waals surface area contributed by atoms with E-state index in [9.17, 15) is 19.7 Å². The highest BCUT2D eigenvalue weighted by Crippen LogP contribution is 2.24. The number of ketones is 1. The van der Waals surface area contributed by atoms with Crippen molar-refractivity contribution in [2.24, 2.45) is 0 Å². The average Bonchev–Trinajstić information content (AvgIpc) is 2.79. The van der Waals surface area contributed by atoms with Crippen LogP contribution < -0.4 is 10.6 Å². The molecule has 168 valence electrons. The summed E-state index contributed by atoms with van der Waals surface area (Å²) < 4.78 is 4.51. The smallest absolute Gasteiger partial charge is 0.413 e. The van der Waals surface area contributed by atoms with Crippen molar-refractivity contribution < 1.29 is 19.2 Å². The lowest BCUT2D eigenvalue weighted by molar-refractivity contribution is -0.490. The first kappa shape index (κ1) is 23.5. The van der Waals surface area contributed by atoms with Crippen LogP contribution in [0.15, 0.2) is 72.3 Å². The molecule has 3 N–H and O–H groups in total. The van der Waals surface area contributed by atoms with E-state index >= 15 is 0 Å². The number of rotatable bonds is 6. The Balaban J connectivity index is 1.93. The normalized spacial score (nSPS) is 14.8. The third kappa shape index (κ3) is 5.95. The van der Waals surface area contributed by atoms with E-state index in [4.69, 9.17) is 17.6 Å². The number of nitrogens with zero attached hydrogens (tertiary/aromatic N) is 1. The molecule has 0 saturated carbocycles. The predicted molar refractivity (Wildman–Crippen MR) is 128 cm³/mol. The Kier molecular flexibility index (Phi) is 7.42. The molecule has 0 saturated heterocycles. The Morgan fingerprint density at radius 3 is 2.58 bits per heavy atom. The number of ether oxygens (including phenoxy) is 1. The number of hydrogen-bond acceptors (Lipinski definition) is 7. The van der Waals surface area contributed by atoms with Crippen molar-refractivity contribution in [2.45, 2.75) is 12.5 Å². The molecule has 0 fully saturated rings. The number of carbonyl (C=O) groups is 2. The summed E-state index contributed by atoms with van der Waals surface area (Å²) in [4.78, 5) is 35.0. The summed E-state index contributed by atoms with van der Waals surface area (Å²) in [5, 5.41) is 24.2. The lowest BCUT2D eigenvalue weighted by Crippen LogP contribution is -2.33. The van der Waals surface area contributed by atoms with Gasteiger partial charge >= 0.3 is 6.09 Å². The molecule has 0 aromatic heterocycles. The summed E-state index contributed by atoms with van der Waals surface area (Å²) in [6, 6.07) is 12.6. The van der Waals surface area contributed by atoms with Crippen molar-refractivity contribution in [1.29, 1.82) is 5.41 Å². The lowest BCUT2D eigenvalue weighted by Gasteiger charge is -2.16. The van der Waals surface area contributed by atoms with Crippen molar-refractivity contribution in [3.8, 4) is 0 Å². The third-order valence-electron chi connectivity index (χ3n) is 4.82. The number of benzene rings is 2. The minimum absolute atomic E-state index is 0.0160. The van der Waals surface area contributed by atoms with E-state index < -0.39 is 17.1 Å². The number of methoxy groups -OCH3 is 1. The number of amides is 1. The number of allylic oxidation sites excluding steroid dienone is 2.